The minimum Gasteiger partial charge on any atom is -0.334 e. The van der Waals surface area contributed by atoms with Gasteiger partial charge in [0, 0.05) is 30.1 Å². The molecule has 0 saturated heterocycles. The molecule has 2 rings (SSSR count). The Labute approximate surface area is 155 Å². The summed E-state index contributed by atoms with van der Waals surface area (Å²) in [5, 5.41) is 6.69. The van der Waals surface area contributed by atoms with Crippen LogP contribution in [0.25, 0.3) is 0 Å². The van der Waals surface area contributed by atoms with Crippen molar-refractivity contribution < 1.29 is 4.79 Å². The first-order valence-electron chi connectivity index (χ1n) is 8.86. The third-order valence-electron chi connectivity index (χ3n) is 4.29. The molecular formula is C20H29N3OS. The molecule has 0 unspecified atom stereocenters. The van der Waals surface area contributed by atoms with Gasteiger partial charge < -0.3 is 4.90 Å². The highest BCUT2D eigenvalue weighted by atomic mass is 32.1. The van der Waals surface area contributed by atoms with Gasteiger partial charge in [0.2, 0.25) is 5.91 Å². The summed E-state index contributed by atoms with van der Waals surface area (Å²) in [6.45, 7) is 14.5. The number of carbonyl (C=O) groups excluding carboxylic acids is 1. The van der Waals surface area contributed by atoms with E-state index in [9.17, 15) is 4.79 Å². The number of hydrogen-bond acceptors (Lipinski definition) is 3. The lowest BCUT2D eigenvalue weighted by atomic mass is 10.1. The van der Waals surface area contributed by atoms with Crippen molar-refractivity contribution in [2.24, 2.45) is 5.92 Å². The molecule has 0 N–H and O–H groups in total. The van der Waals surface area contributed by atoms with Crippen molar-refractivity contribution in [3.05, 3.63) is 52.0 Å². The summed E-state index contributed by atoms with van der Waals surface area (Å²) in [7, 11) is 0. The molecule has 25 heavy (non-hydrogen) atoms. The van der Waals surface area contributed by atoms with Gasteiger partial charge in [-0.2, -0.15) is 5.10 Å². The predicted octanol–water partition coefficient (Wildman–Crippen LogP) is 4.36. The van der Waals surface area contributed by atoms with Gasteiger partial charge in [-0.25, -0.2) is 0 Å². The quantitative estimate of drug-likeness (QED) is 0.624. The van der Waals surface area contributed by atoms with Gasteiger partial charge in [0.25, 0.3) is 0 Å². The van der Waals surface area contributed by atoms with Crippen LogP contribution in [-0.2, 0) is 24.3 Å². The second kappa shape index (κ2) is 8.99. The average molecular weight is 360 g/mol. The molecule has 0 aliphatic rings. The minimum atomic E-state index is 0.170. The first-order valence-corrected chi connectivity index (χ1v) is 9.74. The van der Waals surface area contributed by atoms with E-state index in [1.54, 1.807) is 17.4 Å². The van der Waals surface area contributed by atoms with E-state index in [2.05, 4.69) is 43.2 Å². The fourth-order valence-corrected chi connectivity index (χ4v) is 3.73. The lowest BCUT2D eigenvalue weighted by Gasteiger charge is -2.20. The van der Waals surface area contributed by atoms with E-state index < -0.39 is 0 Å². The van der Waals surface area contributed by atoms with Crippen molar-refractivity contribution in [3.8, 4) is 0 Å². The molecule has 2 heterocycles. The summed E-state index contributed by atoms with van der Waals surface area (Å²) in [6.07, 6.45) is 3.05. The number of amides is 1. The van der Waals surface area contributed by atoms with Crippen LogP contribution in [-0.4, -0.2) is 27.1 Å². The van der Waals surface area contributed by atoms with E-state index >= 15 is 0 Å². The van der Waals surface area contributed by atoms with Gasteiger partial charge >= 0.3 is 0 Å². The highest BCUT2D eigenvalue weighted by Crippen LogP contribution is 2.18. The molecule has 0 radical (unpaired) electrons. The van der Waals surface area contributed by atoms with Crippen molar-refractivity contribution in [1.82, 2.24) is 14.7 Å². The van der Waals surface area contributed by atoms with Crippen LogP contribution in [0, 0.1) is 19.8 Å². The van der Waals surface area contributed by atoms with Gasteiger partial charge in [-0.05, 0) is 43.2 Å². The van der Waals surface area contributed by atoms with Crippen LogP contribution in [0.3, 0.4) is 0 Å². The smallest absolute Gasteiger partial charge is 0.223 e. The van der Waals surface area contributed by atoms with E-state index in [1.807, 2.05) is 23.3 Å². The molecule has 0 spiro atoms. The van der Waals surface area contributed by atoms with Gasteiger partial charge in [-0.3, -0.25) is 9.48 Å². The van der Waals surface area contributed by atoms with Crippen LogP contribution in [0.15, 0.2) is 30.2 Å². The van der Waals surface area contributed by atoms with Crippen molar-refractivity contribution in [2.75, 3.05) is 6.54 Å². The molecule has 0 aromatic carbocycles. The topological polar surface area (TPSA) is 38.1 Å². The number of hydrogen-bond donors (Lipinski definition) is 0. The Kier molecular flexibility index (Phi) is 7.00. The number of aromatic nitrogens is 2. The van der Waals surface area contributed by atoms with Crippen molar-refractivity contribution >= 4 is 17.2 Å². The van der Waals surface area contributed by atoms with Crippen LogP contribution in [0.1, 0.15) is 42.1 Å². The van der Waals surface area contributed by atoms with Gasteiger partial charge in [-0.1, -0.05) is 26.0 Å². The largest absolute Gasteiger partial charge is 0.334 e. The van der Waals surface area contributed by atoms with Gasteiger partial charge in [0.05, 0.1) is 12.2 Å². The highest BCUT2D eigenvalue weighted by molar-refractivity contribution is 7.09. The third-order valence-corrected chi connectivity index (χ3v) is 5.15. The second-order valence-electron chi connectivity index (χ2n) is 6.87. The van der Waals surface area contributed by atoms with Gasteiger partial charge in [-0.15, -0.1) is 17.9 Å². The van der Waals surface area contributed by atoms with Crippen molar-refractivity contribution in [1.29, 1.82) is 0 Å². The van der Waals surface area contributed by atoms with E-state index in [1.165, 1.54) is 16.1 Å². The molecule has 0 saturated carbocycles. The summed E-state index contributed by atoms with van der Waals surface area (Å²) in [5.41, 5.74) is 3.44. The third kappa shape index (κ3) is 5.30. The lowest BCUT2D eigenvalue weighted by Crippen LogP contribution is -2.30. The Bertz CT molecular complexity index is 701. The Hall–Kier alpha value is -1.88. The SMILES string of the molecule is C=CCN(Cc1cccs1)C(=O)CCc1c(C)nn(CC(C)C)c1C. The summed E-state index contributed by atoms with van der Waals surface area (Å²) >= 11 is 1.68. The maximum Gasteiger partial charge on any atom is 0.223 e. The van der Waals surface area contributed by atoms with E-state index in [4.69, 9.17) is 0 Å². The summed E-state index contributed by atoms with van der Waals surface area (Å²) < 4.78 is 2.08. The van der Waals surface area contributed by atoms with Gasteiger partial charge in [0.15, 0.2) is 0 Å². The molecule has 0 bridgehead atoms. The first kappa shape index (κ1) is 19.4. The Morgan fingerprint density at radius 1 is 1.44 bits per heavy atom. The standard InChI is InChI=1S/C20H29N3OS/c1-6-11-22(14-18-8-7-12-25-18)20(24)10-9-19-16(4)21-23(17(19)5)13-15(2)3/h6-8,12,15H,1,9-11,13-14H2,2-5H3. The maximum absolute atomic E-state index is 12.7. The summed E-state index contributed by atoms with van der Waals surface area (Å²) in [4.78, 5) is 15.8. The Morgan fingerprint density at radius 3 is 2.80 bits per heavy atom. The van der Waals surface area contributed by atoms with Crippen LogP contribution in [0.4, 0.5) is 0 Å². The molecule has 0 aliphatic heterocycles. The van der Waals surface area contributed by atoms with Crippen LogP contribution >= 0.6 is 11.3 Å². The van der Waals surface area contributed by atoms with Crippen molar-refractivity contribution in [2.45, 2.75) is 53.6 Å². The summed E-state index contributed by atoms with van der Waals surface area (Å²) in [5.74, 6) is 0.727. The Morgan fingerprint density at radius 2 is 2.20 bits per heavy atom. The predicted molar refractivity (Wildman–Crippen MR) is 105 cm³/mol. The average Bonchev–Trinajstić information content (AvgIpc) is 3.14. The van der Waals surface area contributed by atoms with Crippen LogP contribution in [0.5, 0.6) is 0 Å². The molecule has 2 aromatic heterocycles. The normalized spacial score (nSPS) is 11.1. The molecule has 0 aliphatic carbocycles. The monoisotopic (exact) mass is 359 g/mol. The zero-order valence-electron chi connectivity index (χ0n) is 15.8. The zero-order chi connectivity index (χ0) is 18.4. The lowest BCUT2D eigenvalue weighted by molar-refractivity contribution is -0.131. The minimum absolute atomic E-state index is 0.170. The number of rotatable bonds is 9. The number of nitrogens with zero attached hydrogens (tertiary/aromatic N) is 3. The van der Waals surface area contributed by atoms with E-state index in [0.717, 1.165) is 18.7 Å². The zero-order valence-corrected chi connectivity index (χ0v) is 16.6. The van der Waals surface area contributed by atoms with Crippen molar-refractivity contribution in [3.63, 3.8) is 0 Å². The molecule has 1 amide bonds. The highest BCUT2D eigenvalue weighted by Gasteiger charge is 2.17. The van der Waals surface area contributed by atoms with Crippen LogP contribution < -0.4 is 0 Å². The summed E-state index contributed by atoms with van der Waals surface area (Å²) in [6, 6.07) is 4.09. The number of carbonyl (C=O) groups is 1. The molecule has 2 aromatic rings. The number of aryl methyl sites for hydroxylation is 1. The molecular weight excluding hydrogens is 330 g/mol. The van der Waals surface area contributed by atoms with Crippen LogP contribution in [0.2, 0.25) is 0 Å². The molecule has 0 fully saturated rings. The fourth-order valence-electron chi connectivity index (χ4n) is 3.01. The van der Waals surface area contributed by atoms with Gasteiger partial charge in [0.1, 0.15) is 0 Å². The Balaban J connectivity index is 2.02. The first-order chi connectivity index (χ1) is 11.9. The molecule has 136 valence electrons. The number of thiophene rings is 1. The molecule has 5 heteroatoms. The maximum atomic E-state index is 12.7. The fraction of sp³-hybridized carbons (Fsp3) is 0.500. The second-order valence-corrected chi connectivity index (χ2v) is 7.90. The van der Waals surface area contributed by atoms with E-state index in [0.29, 0.717) is 25.4 Å². The van der Waals surface area contributed by atoms with E-state index in [-0.39, 0.29) is 5.91 Å². The molecule has 0 atom stereocenters. The molecule has 4 nitrogen and oxygen atoms in total.